The zero-order chi connectivity index (χ0) is 17.9. The summed E-state index contributed by atoms with van der Waals surface area (Å²) in [4.78, 5) is 20.8. The molecule has 0 bridgehead atoms. The molecular weight excluding hydrogens is 328 g/mol. The van der Waals surface area contributed by atoms with E-state index >= 15 is 0 Å². The lowest BCUT2D eigenvalue weighted by Crippen LogP contribution is -2.08. The van der Waals surface area contributed by atoms with E-state index in [0.29, 0.717) is 5.69 Å². The Morgan fingerprint density at radius 2 is 2.00 bits per heavy atom. The number of hydrogen-bond acceptors (Lipinski definition) is 4. The summed E-state index contributed by atoms with van der Waals surface area (Å²) in [6, 6.07) is 11.5. The molecule has 128 valence electrons. The van der Waals surface area contributed by atoms with Crippen LogP contribution in [0.4, 0.5) is 5.69 Å². The topological polar surface area (TPSA) is 77.6 Å². The summed E-state index contributed by atoms with van der Waals surface area (Å²) in [6.45, 7) is 0. The van der Waals surface area contributed by atoms with Gasteiger partial charge in [0.1, 0.15) is 12.1 Å². The number of amides is 1. The van der Waals surface area contributed by atoms with Crippen LogP contribution in [-0.4, -0.2) is 30.2 Å². The number of carbonyl (C=O) groups is 1. The molecule has 1 aromatic carbocycles. The number of rotatable bonds is 4. The molecule has 0 fully saturated rings. The number of para-hydroxylation sites is 2. The molecule has 4 aromatic rings. The van der Waals surface area contributed by atoms with Gasteiger partial charge in [0.2, 0.25) is 5.91 Å². The van der Waals surface area contributed by atoms with Crippen molar-refractivity contribution in [1.29, 1.82) is 0 Å². The molecule has 7 heteroatoms. The maximum absolute atomic E-state index is 12.0. The van der Waals surface area contributed by atoms with Crippen molar-refractivity contribution in [3.63, 3.8) is 0 Å². The predicted molar refractivity (Wildman–Crippen MR) is 99.7 cm³/mol. The Balaban J connectivity index is 1.47. The second-order valence-electron chi connectivity index (χ2n) is 5.78. The van der Waals surface area contributed by atoms with Crippen molar-refractivity contribution in [3.8, 4) is 5.82 Å². The van der Waals surface area contributed by atoms with Crippen molar-refractivity contribution in [2.24, 2.45) is 7.05 Å². The molecule has 0 aliphatic rings. The molecule has 7 nitrogen and oxygen atoms in total. The molecule has 3 heterocycles. The Kier molecular flexibility index (Phi) is 4.03. The molecule has 0 saturated carbocycles. The van der Waals surface area contributed by atoms with E-state index in [1.54, 1.807) is 29.5 Å². The molecule has 0 aliphatic carbocycles. The third-order valence-electron chi connectivity index (χ3n) is 3.87. The number of nitrogens with one attached hydrogen (secondary N) is 1. The van der Waals surface area contributed by atoms with E-state index in [1.165, 1.54) is 6.08 Å². The lowest BCUT2D eigenvalue weighted by molar-refractivity contribution is -0.111. The van der Waals surface area contributed by atoms with Crippen LogP contribution < -0.4 is 5.32 Å². The average Bonchev–Trinajstić information content (AvgIpc) is 3.27. The number of benzene rings is 1. The number of pyridine rings is 1. The van der Waals surface area contributed by atoms with Crippen molar-refractivity contribution < 1.29 is 4.79 Å². The number of anilines is 1. The summed E-state index contributed by atoms with van der Waals surface area (Å²) in [5.41, 5.74) is 3.38. The van der Waals surface area contributed by atoms with Crippen LogP contribution in [0, 0.1) is 0 Å². The largest absolute Gasteiger partial charge is 0.321 e. The van der Waals surface area contributed by atoms with Crippen molar-refractivity contribution in [1.82, 2.24) is 24.3 Å². The second-order valence-corrected chi connectivity index (χ2v) is 5.78. The van der Waals surface area contributed by atoms with E-state index in [1.807, 2.05) is 54.2 Å². The number of aryl methyl sites for hydroxylation is 1. The predicted octanol–water partition coefficient (Wildman–Crippen LogP) is 2.81. The first-order valence-electron chi connectivity index (χ1n) is 8.05. The minimum atomic E-state index is -0.225. The van der Waals surface area contributed by atoms with E-state index < -0.39 is 0 Å². The van der Waals surface area contributed by atoms with Gasteiger partial charge in [0.05, 0.1) is 29.1 Å². The highest BCUT2D eigenvalue weighted by Gasteiger charge is 2.05. The van der Waals surface area contributed by atoms with Crippen LogP contribution in [0.15, 0.2) is 67.4 Å². The van der Waals surface area contributed by atoms with Gasteiger partial charge in [-0.15, -0.1) is 0 Å². The monoisotopic (exact) mass is 344 g/mol. The molecule has 0 saturated heterocycles. The fourth-order valence-corrected chi connectivity index (χ4v) is 2.63. The average molecular weight is 344 g/mol. The highest BCUT2D eigenvalue weighted by molar-refractivity contribution is 6.01. The SMILES string of the molecule is Cn1cc(/C=C/C(=O)Nc2ccc(-n3cnc4ccccc43)nc2)cn1. The van der Waals surface area contributed by atoms with Crippen LogP contribution >= 0.6 is 0 Å². The molecule has 0 radical (unpaired) electrons. The molecule has 0 atom stereocenters. The first-order valence-corrected chi connectivity index (χ1v) is 8.05. The number of aromatic nitrogens is 5. The third-order valence-corrected chi connectivity index (χ3v) is 3.87. The van der Waals surface area contributed by atoms with Gasteiger partial charge in [0, 0.05) is 24.9 Å². The summed E-state index contributed by atoms with van der Waals surface area (Å²) < 4.78 is 3.59. The Bertz CT molecular complexity index is 1090. The minimum absolute atomic E-state index is 0.225. The molecule has 0 aliphatic heterocycles. The van der Waals surface area contributed by atoms with E-state index in [0.717, 1.165) is 22.4 Å². The highest BCUT2D eigenvalue weighted by atomic mass is 16.1. The van der Waals surface area contributed by atoms with Crippen LogP contribution in [0.1, 0.15) is 5.56 Å². The van der Waals surface area contributed by atoms with Crippen LogP contribution in [0.25, 0.3) is 22.9 Å². The van der Waals surface area contributed by atoms with Gasteiger partial charge in [-0.05, 0) is 30.3 Å². The van der Waals surface area contributed by atoms with Crippen LogP contribution in [-0.2, 0) is 11.8 Å². The Hall–Kier alpha value is -3.74. The molecule has 3 aromatic heterocycles. The first-order chi connectivity index (χ1) is 12.7. The molecule has 0 spiro atoms. The summed E-state index contributed by atoms with van der Waals surface area (Å²) in [5, 5.41) is 6.84. The third kappa shape index (κ3) is 3.23. The summed E-state index contributed by atoms with van der Waals surface area (Å²) in [5.74, 6) is 0.513. The van der Waals surface area contributed by atoms with Crippen molar-refractivity contribution in [2.75, 3.05) is 5.32 Å². The van der Waals surface area contributed by atoms with E-state index in [2.05, 4.69) is 20.4 Å². The van der Waals surface area contributed by atoms with E-state index in [4.69, 9.17) is 0 Å². The number of nitrogens with zero attached hydrogens (tertiary/aromatic N) is 5. The van der Waals surface area contributed by atoms with Crippen molar-refractivity contribution in [3.05, 3.63) is 73.0 Å². The maximum Gasteiger partial charge on any atom is 0.248 e. The lowest BCUT2D eigenvalue weighted by Gasteiger charge is -2.05. The Morgan fingerprint density at radius 1 is 1.12 bits per heavy atom. The van der Waals surface area contributed by atoms with Crippen molar-refractivity contribution in [2.45, 2.75) is 0 Å². The van der Waals surface area contributed by atoms with Crippen LogP contribution in [0.5, 0.6) is 0 Å². The quantitative estimate of drug-likeness (QED) is 0.578. The van der Waals surface area contributed by atoms with Gasteiger partial charge in [-0.25, -0.2) is 9.97 Å². The zero-order valence-corrected chi connectivity index (χ0v) is 14.1. The standard InChI is InChI=1S/C19H16N6O/c1-24-12-14(10-22-24)6-9-19(26)23-15-7-8-18(20-11-15)25-13-21-16-4-2-3-5-17(16)25/h2-13H,1H3,(H,23,26)/b9-6+. The second kappa shape index (κ2) is 6.64. The fraction of sp³-hybridized carbons (Fsp3) is 0.0526. The van der Waals surface area contributed by atoms with Gasteiger partial charge in [-0.2, -0.15) is 5.10 Å². The summed E-state index contributed by atoms with van der Waals surface area (Å²) in [7, 11) is 1.83. The van der Waals surface area contributed by atoms with Gasteiger partial charge >= 0.3 is 0 Å². The van der Waals surface area contributed by atoms with Crippen LogP contribution in [0.2, 0.25) is 0 Å². The summed E-state index contributed by atoms with van der Waals surface area (Å²) >= 11 is 0. The van der Waals surface area contributed by atoms with Gasteiger partial charge < -0.3 is 5.32 Å². The highest BCUT2D eigenvalue weighted by Crippen LogP contribution is 2.17. The molecule has 1 N–H and O–H groups in total. The molecular formula is C19H16N6O. The Morgan fingerprint density at radius 3 is 2.77 bits per heavy atom. The minimum Gasteiger partial charge on any atom is -0.321 e. The smallest absolute Gasteiger partial charge is 0.248 e. The Labute approximate surface area is 149 Å². The molecule has 1 amide bonds. The fourth-order valence-electron chi connectivity index (χ4n) is 2.63. The normalized spacial score (nSPS) is 11.3. The van der Waals surface area contributed by atoms with Gasteiger partial charge in [-0.1, -0.05) is 12.1 Å². The van der Waals surface area contributed by atoms with E-state index in [-0.39, 0.29) is 5.91 Å². The number of carbonyl (C=O) groups excluding carboxylic acids is 1. The van der Waals surface area contributed by atoms with Gasteiger partial charge in [-0.3, -0.25) is 14.0 Å². The van der Waals surface area contributed by atoms with E-state index in [9.17, 15) is 4.79 Å². The van der Waals surface area contributed by atoms with Crippen molar-refractivity contribution >= 4 is 28.7 Å². The number of fused-ring (bicyclic) bond motifs is 1. The maximum atomic E-state index is 12.0. The van der Waals surface area contributed by atoms with Crippen LogP contribution in [0.3, 0.4) is 0 Å². The summed E-state index contributed by atoms with van der Waals surface area (Å²) in [6.07, 6.45) is 10.1. The molecule has 0 unspecified atom stereocenters. The van der Waals surface area contributed by atoms with Gasteiger partial charge in [0.15, 0.2) is 0 Å². The number of hydrogen-bond donors (Lipinski definition) is 1. The molecule has 26 heavy (non-hydrogen) atoms. The lowest BCUT2D eigenvalue weighted by atomic mass is 10.3. The van der Waals surface area contributed by atoms with Gasteiger partial charge in [0.25, 0.3) is 0 Å². The molecule has 4 rings (SSSR count). The first kappa shape index (κ1) is 15.8. The number of imidazole rings is 1. The zero-order valence-electron chi connectivity index (χ0n) is 14.1.